The lowest BCUT2D eigenvalue weighted by molar-refractivity contribution is -0.186. The van der Waals surface area contributed by atoms with Crippen molar-refractivity contribution in [3.8, 4) is 0 Å². The van der Waals surface area contributed by atoms with E-state index in [2.05, 4.69) is 5.32 Å². The molecule has 2 aromatic carbocycles. The van der Waals surface area contributed by atoms with Crippen LogP contribution in [0.5, 0.6) is 0 Å². The number of rotatable bonds is 5. The number of amides is 4. The molecule has 2 aliphatic heterocycles. The van der Waals surface area contributed by atoms with E-state index in [0.29, 0.717) is 4.90 Å². The van der Waals surface area contributed by atoms with Gasteiger partial charge in [-0.3, -0.25) is 24.1 Å². The van der Waals surface area contributed by atoms with Crippen LogP contribution in [0.4, 0.5) is 13.2 Å². The first-order valence-corrected chi connectivity index (χ1v) is 10.8. The van der Waals surface area contributed by atoms with Gasteiger partial charge in [-0.15, -0.1) is 0 Å². The molecule has 1 unspecified atom stereocenters. The third-order valence-corrected chi connectivity index (χ3v) is 6.08. The number of fused-ring (bicyclic) bond motifs is 1. The van der Waals surface area contributed by atoms with Gasteiger partial charge in [-0.2, -0.15) is 13.2 Å². The van der Waals surface area contributed by atoms with Crippen molar-refractivity contribution in [3.63, 3.8) is 0 Å². The third-order valence-electron chi connectivity index (χ3n) is 6.08. The van der Waals surface area contributed by atoms with Crippen LogP contribution < -0.4 is 5.32 Å². The zero-order chi connectivity index (χ0) is 24.5. The molecule has 34 heavy (non-hydrogen) atoms. The topological polar surface area (TPSA) is 86.8 Å². The molecule has 0 aliphatic carbocycles. The molecule has 0 bridgehead atoms. The zero-order valence-corrected chi connectivity index (χ0v) is 18.0. The molecule has 178 valence electrons. The SMILES string of the molecule is O=C(NC1CCN(C(=O)C(F)(F)F)CC1)C(Cc1ccccc1)N1C(=O)c2ccccc2C1=O. The quantitative estimate of drug-likeness (QED) is 0.677. The Labute approximate surface area is 193 Å². The molecule has 0 aromatic heterocycles. The first kappa shape index (κ1) is 23.5. The van der Waals surface area contributed by atoms with Crippen molar-refractivity contribution in [1.82, 2.24) is 15.1 Å². The first-order valence-electron chi connectivity index (χ1n) is 10.8. The lowest BCUT2D eigenvalue weighted by Gasteiger charge is -2.34. The van der Waals surface area contributed by atoms with E-state index < -0.39 is 41.9 Å². The molecule has 1 saturated heterocycles. The number of imide groups is 1. The fourth-order valence-electron chi connectivity index (χ4n) is 4.33. The molecule has 0 spiro atoms. The van der Waals surface area contributed by atoms with E-state index in [1.165, 1.54) is 12.1 Å². The summed E-state index contributed by atoms with van der Waals surface area (Å²) in [6.45, 7) is -0.306. The van der Waals surface area contributed by atoms with Gasteiger partial charge in [-0.1, -0.05) is 42.5 Å². The number of benzene rings is 2. The summed E-state index contributed by atoms with van der Waals surface area (Å²) >= 11 is 0. The summed E-state index contributed by atoms with van der Waals surface area (Å²) in [5.74, 6) is -3.60. The number of halogens is 3. The Bertz CT molecular complexity index is 1080. The van der Waals surface area contributed by atoms with E-state index in [-0.39, 0.29) is 43.5 Å². The van der Waals surface area contributed by atoms with Crippen molar-refractivity contribution >= 4 is 23.6 Å². The van der Waals surface area contributed by atoms with Gasteiger partial charge in [0.25, 0.3) is 11.8 Å². The molecule has 0 radical (unpaired) electrons. The summed E-state index contributed by atoms with van der Waals surface area (Å²) in [5, 5.41) is 2.78. The van der Waals surface area contributed by atoms with Gasteiger partial charge in [0.2, 0.25) is 5.91 Å². The lowest BCUT2D eigenvalue weighted by Crippen LogP contribution is -2.55. The van der Waals surface area contributed by atoms with Gasteiger partial charge >= 0.3 is 12.1 Å². The fraction of sp³-hybridized carbons (Fsp3) is 0.333. The standard InChI is InChI=1S/C24H22F3N3O4/c25-24(26,27)23(34)29-12-10-16(11-13-29)28-20(31)19(14-15-6-2-1-3-7-15)30-21(32)17-8-4-5-9-18(17)22(30)33/h1-9,16,19H,10-14H2,(H,28,31). The second-order valence-corrected chi connectivity index (χ2v) is 8.30. The van der Waals surface area contributed by atoms with E-state index in [1.807, 2.05) is 0 Å². The number of carbonyl (C=O) groups is 4. The molecule has 4 amide bonds. The lowest BCUT2D eigenvalue weighted by atomic mass is 10.0. The van der Waals surface area contributed by atoms with Crippen LogP contribution in [0.2, 0.25) is 0 Å². The number of carbonyl (C=O) groups excluding carboxylic acids is 4. The van der Waals surface area contributed by atoms with Gasteiger partial charge in [0, 0.05) is 25.6 Å². The summed E-state index contributed by atoms with van der Waals surface area (Å²) in [6.07, 6.45) is -4.59. The smallest absolute Gasteiger partial charge is 0.351 e. The molecule has 1 N–H and O–H groups in total. The predicted molar refractivity (Wildman–Crippen MR) is 115 cm³/mol. The Balaban J connectivity index is 1.50. The minimum absolute atomic E-state index is 0.0869. The van der Waals surface area contributed by atoms with Crippen molar-refractivity contribution in [3.05, 3.63) is 71.3 Å². The molecule has 2 aromatic rings. The first-order chi connectivity index (χ1) is 16.2. The van der Waals surface area contributed by atoms with Gasteiger partial charge in [0.05, 0.1) is 11.1 Å². The van der Waals surface area contributed by atoms with Gasteiger partial charge < -0.3 is 10.2 Å². The van der Waals surface area contributed by atoms with Crippen LogP contribution in [0.3, 0.4) is 0 Å². The normalized spacial score (nSPS) is 17.5. The van der Waals surface area contributed by atoms with Gasteiger partial charge in [-0.25, -0.2) is 0 Å². The predicted octanol–water partition coefficient (Wildman–Crippen LogP) is 2.56. The van der Waals surface area contributed by atoms with Crippen LogP contribution in [0.25, 0.3) is 0 Å². The molecular formula is C24H22F3N3O4. The average Bonchev–Trinajstić information content (AvgIpc) is 3.07. The number of nitrogens with one attached hydrogen (secondary N) is 1. The van der Waals surface area contributed by atoms with E-state index in [9.17, 15) is 32.3 Å². The highest BCUT2D eigenvalue weighted by Crippen LogP contribution is 2.27. The van der Waals surface area contributed by atoms with Crippen molar-refractivity contribution < 1.29 is 32.3 Å². The van der Waals surface area contributed by atoms with E-state index in [0.717, 1.165) is 10.5 Å². The Morgan fingerprint density at radius 2 is 1.44 bits per heavy atom. The number of piperidine rings is 1. The fourth-order valence-corrected chi connectivity index (χ4v) is 4.33. The van der Waals surface area contributed by atoms with Gasteiger partial charge in [0.1, 0.15) is 6.04 Å². The van der Waals surface area contributed by atoms with Crippen molar-refractivity contribution in [2.24, 2.45) is 0 Å². The van der Waals surface area contributed by atoms with Crippen LogP contribution in [0.15, 0.2) is 54.6 Å². The average molecular weight is 473 g/mol. The van der Waals surface area contributed by atoms with E-state index in [1.54, 1.807) is 42.5 Å². The Kier molecular flexibility index (Phi) is 6.41. The number of hydrogen-bond acceptors (Lipinski definition) is 4. The summed E-state index contributed by atoms with van der Waals surface area (Å²) in [7, 11) is 0. The number of likely N-dealkylation sites (tertiary alicyclic amines) is 1. The number of alkyl halides is 3. The number of nitrogens with zero attached hydrogens (tertiary/aromatic N) is 2. The maximum atomic E-state index is 13.3. The van der Waals surface area contributed by atoms with Crippen LogP contribution in [-0.2, 0) is 16.0 Å². The summed E-state index contributed by atoms with van der Waals surface area (Å²) in [6, 6.07) is 13.6. The molecule has 2 aliphatic rings. The monoisotopic (exact) mass is 473 g/mol. The Morgan fingerprint density at radius 1 is 0.912 bits per heavy atom. The number of hydrogen-bond donors (Lipinski definition) is 1. The van der Waals surface area contributed by atoms with Gasteiger partial charge in [-0.05, 0) is 30.5 Å². The minimum atomic E-state index is -4.94. The van der Waals surface area contributed by atoms with Crippen LogP contribution in [0, 0.1) is 0 Å². The van der Waals surface area contributed by atoms with Crippen LogP contribution in [-0.4, -0.2) is 64.8 Å². The van der Waals surface area contributed by atoms with Crippen LogP contribution in [0.1, 0.15) is 39.1 Å². The molecular weight excluding hydrogens is 451 g/mol. The van der Waals surface area contributed by atoms with Crippen molar-refractivity contribution in [2.75, 3.05) is 13.1 Å². The third kappa shape index (κ3) is 4.66. The second-order valence-electron chi connectivity index (χ2n) is 8.30. The highest BCUT2D eigenvalue weighted by atomic mass is 19.4. The summed E-state index contributed by atoms with van der Waals surface area (Å²) in [5.41, 5.74) is 1.18. The Morgan fingerprint density at radius 3 is 1.97 bits per heavy atom. The molecule has 1 fully saturated rings. The van der Waals surface area contributed by atoms with Crippen molar-refractivity contribution in [1.29, 1.82) is 0 Å². The zero-order valence-electron chi connectivity index (χ0n) is 18.0. The Hall–Kier alpha value is -3.69. The summed E-state index contributed by atoms with van der Waals surface area (Å²) < 4.78 is 38.0. The minimum Gasteiger partial charge on any atom is -0.351 e. The largest absolute Gasteiger partial charge is 0.471 e. The highest BCUT2D eigenvalue weighted by molar-refractivity contribution is 6.22. The molecule has 1 atom stereocenters. The van der Waals surface area contributed by atoms with E-state index >= 15 is 0 Å². The highest BCUT2D eigenvalue weighted by Gasteiger charge is 2.45. The molecule has 0 saturated carbocycles. The van der Waals surface area contributed by atoms with Crippen LogP contribution >= 0.6 is 0 Å². The maximum Gasteiger partial charge on any atom is 0.471 e. The second kappa shape index (κ2) is 9.28. The molecule has 10 heteroatoms. The molecule has 7 nitrogen and oxygen atoms in total. The van der Waals surface area contributed by atoms with E-state index in [4.69, 9.17) is 0 Å². The molecule has 4 rings (SSSR count). The summed E-state index contributed by atoms with van der Waals surface area (Å²) in [4.78, 5) is 52.5. The molecule has 2 heterocycles. The maximum absolute atomic E-state index is 13.3. The van der Waals surface area contributed by atoms with Gasteiger partial charge in [0.15, 0.2) is 0 Å². The van der Waals surface area contributed by atoms with Crippen molar-refractivity contribution in [2.45, 2.75) is 37.5 Å².